The van der Waals surface area contributed by atoms with Crippen LogP contribution in [0.5, 0.6) is 0 Å². The van der Waals surface area contributed by atoms with E-state index in [0.717, 1.165) is 12.2 Å². The van der Waals surface area contributed by atoms with Crippen LogP contribution in [0.2, 0.25) is 0 Å². The number of rotatable bonds is 5. The molecule has 0 saturated heterocycles. The molecule has 5 nitrogen and oxygen atoms in total. The van der Waals surface area contributed by atoms with Crippen molar-refractivity contribution >= 4 is 5.97 Å². The van der Waals surface area contributed by atoms with Crippen molar-refractivity contribution in [1.29, 1.82) is 0 Å². The van der Waals surface area contributed by atoms with E-state index in [1.54, 1.807) is 19.2 Å². The SMILES string of the molecule is CCOC(=O)c1cccn1CCc1nccn1C. The van der Waals surface area contributed by atoms with Gasteiger partial charge in [-0.2, -0.15) is 0 Å². The number of carbonyl (C=O) groups excluding carboxylic acids is 1. The fourth-order valence-corrected chi connectivity index (χ4v) is 1.86. The van der Waals surface area contributed by atoms with Gasteiger partial charge in [0.15, 0.2) is 0 Å². The minimum absolute atomic E-state index is 0.276. The molecule has 2 heterocycles. The van der Waals surface area contributed by atoms with Gasteiger partial charge >= 0.3 is 5.97 Å². The zero-order valence-corrected chi connectivity index (χ0v) is 10.7. The highest BCUT2D eigenvalue weighted by Crippen LogP contribution is 2.07. The maximum absolute atomic E-state index is 11.7. The van der Waals surface area contributed by atoms with Crippen molar-refractivity contribution in [3.05, 3.63) is 42.2 Å². The molecule has 0 radical (unpaired) electrons. The van der Waals surface area contributed by atoms with Crippen molar-refractivity contribution in [3.8, 4) is 0 Å². The number of esters is 1. The molecule has 0 fully saturated rings. The molecular formula is C13H17N3O2. The van der Waals surface area contributed by atoms with Crippen LogP contribution in [0.1, 0.15) is 23.2 Å². The van der Waals surface area contributed by atoms with Gasteiger partial charge in [-0.05, 0) is 19.1 Å². The number of carbonyl (C=O) groups is 1. The molecule has 0 spiro atoms. The van der Waals surface area contributed by atoms with Crippen molar-refractivity contribution in [2.24, 2.45) is 7.05 Å². The quantitative estimate of drug-likeness (QED) is 0.755. The molecule has 0 atom stereocenters. The van der Waals surface area contributed by atoms with Gasteiger partial charge in [-0.25, -0.2) is 9.78 Å². The summed E-state index contributed by atoms with van der Waals surface area (Å²) in [5.41, 5.74) is 0.589. The maximum Gasteiger partial charge on any atom is 0.354 e. The van der Waals surface area contributed by atoms with Gasteiger partial charge in [-0.3, -0.25) is 0 Å². The van der Waals surface area contributed by atoms with Crippen LogP contribution < -0.4 is 0 Å². The Bertz CT molecular complexity index is 528. The summed E-state index contributed by atoms with van der Waals surface area (Å²) in [7, 11) is 1.96. The average molecular weight is 247 g/mol. The van der Waals surface area contributed by atoms with E-state index in [1.807, 2.05) is 34.6 Å². The first-order chi connectivity index (χ1) is 8.72. The summed E-state index contributed by atoms with van der Waals surface area (Å²) >= 11 is 0. The van der Waals surface area contributed by atoms with Gasteiger partial charge in [0.2, 0.25) is 0 Å². The Hall–Kier alpha value is -2.04. The molecule has 0 aliphatic heterocycles. The molecule has 2 aromatic heterocycles. The van der Waals surface area contributed by atoms with E-state index in [2.05, 4.69) is 4.98 Å². The number of hydrogen-bond acceptors (Lipinski definition) is 3. The maximum atomic E-state index is 11.7. The minimum Gasteiger partial charge on any atom is -0.461 e. The summed E-state index contributed by atoms with van der Waals surface area (Å²) in [6, 6.07) is 3.63. The summed E-state index contributed by atoms with van der Waals surface area (Å²) in [5, 5.41) is 0. The third-order valence-electron chi connectivity index (χ3n) is 2.81. The number of nitrogens with zero attached hydrogens (tertiary/aromatic N) is 3. The van der Waals surface area contributed by atoms with Crippen LogP contribution in [-0.4, -0.2) is 26.7 Å². The normalized spacial score (nSPS) is 10.6. The second-order valence-corrected chi connectivity index (χ2v) is 4.01. The average Bonchev–Trinajstić information content (AvgIpc) is 2.95. The van der Waals surface area contributed by atoms with E-state index in [-0.39, 0.29) is 5.97 Å². The molecule has 0 saturated carbocycles. The zero-order chi connectivity index (χ0) is 13.0. The molecule has 0 unspecified atom stereocenters. The molecule has 0 aliphatic rings. The number of hydrogen-bond donors (Lipinski definition) is 0. The molecule has 2 rings (SSSR count). The lowest BCUT2D eigenvalue weighted by atomic mass is 10.3. The smallest absolute Gasteiger partial charge is 0.354 e. The second-order valence-electron chi connectivity index (χ2n) is 4.01. The number of imidazole rings is 1. The summed E-state index contributed by atoms with van der Waals surface area (Å²) in [5.74, 6) is 0.723. The molecule has 96 valence electrons. The van der Waals surface area contributed by atoms with Gasteiger partial charge in [-0.1, -0.05) is 0 Å². The minimum atomic E-state index is -0.276. The Morgan fingerprint density at radius 1 is 1.44 bits per heavy atom. The van der Waals surface area contributed by atoms with Gasteiger partial charge in [0, 0.05) is 38.6 Å². The molecule has 0 N–H and O–H groups in total. The Kier molecular flexibility index (Phi) is 3.82. The first-order valence-electron chi connectivity index (χ1n) is 6.01. The third kappa shape index (κ3) is 2.61. The lowest BCUT2D eigenvalue weighted by Crippen LogP contribution is -2.13. The highest BCUT2D eigenvalue weighted by Gasteiger charge is 2.11. The molecule has 2 aromatic rings. The molecule has 0 aliphatic carbocycles. The van der Waals surface area contributed by atoms with E-state index in [0.29, 0.717) is 18.8 Å². The van der Waals surface area contributed by atoms with E-state index in [9.17, 15) is 4.79 Å². The van der Waals surface area contributed by atoms with Gasteiger partial charge in [0.25, 0.3) is 0 Å². The molecule has 0 bridgehead atoms. The van der Waals surface area contributed by atoms with Gasteiger partial charge in [0.1, 0.15) is 11.5 Å². The van der Waals surface area contributed by atoms with Gasteiger partial charge in [0.05, 0.1) is 6.61 Å². The Morgan fingerprint density at radius 3 is 2.94 bits per heavy atom. The monoisotopic (exact) mass is 247 g/mol. The summed E-state index contributed by atoms with van der Waals surface area (Å²) in [6.07, 6.45) is 6.36. The Balaban J connectivity index is 2.04. The van der Waals surface area contributed by atoms with Crippen LogP contribution in [0, 0.1) is 0 Å². The number of aromatic nitrogens is 3. The van der Waals surface area contributed by atoms with Crippen LogP contribution in [0.15, 0.2) is 30.7 Å². The highest BCUT2D eigenvalue weighted by atomic mass is 16.5. The van der Waals surface area contributed by atoms with Crippen LogP contribution >= 0.6 is 0 Å². The lowest BCUT2D eigenvalue weighted by molar-refractivity contribution is 0.0513. The van der Waals surface area contributed by atoms with Gasteiger partial charge < -0.3 is 13.9 Å². The molecule has 0 amide bonds. The first kappa shape index (κ1) is 12.4. The number of ether oxygens (including phenoxy) is 1. The van der Waals surface area contributed by atoms with Gasteiger partial charge in [-0.15, -0.1) is 0 Å². The fraction of sp³-hybridized carbons (Fsp3) is 0.385. The van der Waals surface area contributed by atoms with Crippen molar-refractivity contribution < 1.29 is 9.53 Å². The predicted molar refractivity (Wildman–Crippen MR) is 67.3 cm³/mol. The zero-order valence-electron chi connectivity index (χ0n) is 10.7. The highest BCUT2D eigenvalue weighted by molar-refractivity contribution is 5.87. The van der Waals surface area contributed by atoms with E-state index >= 15 is 0 Å². The fourth-order valence-electron chi connectivity index (χ4n) is 1.86. The van der Waals surface area contributed by atoms with Crippen LogP contribution in [0.25, 0.3) is 0 Å². The second kappa shape index (κ2) is 5.53. The van der Waals surface area contributed by atoms with E-state index in [1.165, 1.54) is 0 Å². The van der Waals surface area contributed by atoms with E-state index in [4.69, 9.17) is 4.74 Å². The summed E-state index contributed by atoms with van der Waals surface area (Å²) in [4.78, 5) is 16.0. The number of aryl methyl sites for hydroxylation is 3. The Morgan fingerprint density at radius 2 is 2.28 bits per heavy atom. The van der Waals surface area contributed by atoms with Crippen LogP contribution in [0.3, 0.4) is 0 Å². The molecular weight excluding hydrogens is 230 g/mol. The lowest BCUT2D eigenvalue weighted by Gasteiger charge is -2.08. The Labute approximate surface area is 106 Å². The third-order valence-corrected chi connectivity index (χ3v) is 2.81. The topological polar surface area (TPSA) is 49.1 Å². The summed E-state index contributed by atoms with van der Waals surface area (Å²) < 4.78 is 8.88. The van der Waals surface area contributed by atoms with Crippen molar-refractivity contribution in [3.63, 3.8) is 0 Å². The first-order valence-corrected chi connectivity index (χ1v) is 6.01. The largest absolute Gasteiger partial charge is 0.461 e. The van der Waals surface area contributed by atoms with Crippen molar-refractivity contribution in [2.75, 3.05) is 6.61 Å². The van der Waals surface area contributed by atoms with E-state index < -0.39 is 0 Å². The van der Waals surface area contributed by atoms with Crippen LogP contribution in [0.4, 0.5) is 0 Å². The summed E-state index contributed by atoms with van der Waals surface area (Å²) in [6.45, 7) is 2.91. The standard InChI is InChI=1S/C13H17N3O2/c1-3-18-13(17)11-5-4-8-16(11)9-6-12-14-7-10-15(12)2/h4-5,7-8,10H,3,6,9H2,1-2H3. The van der Waals surface area contributed by atoms with Crippen molar-refractivity contribution in [1.82, 2.24) is 14.1 Å². The molecule has 0 aromatic carbocycles. The van der Waals surface area contributed by atoms with Crippen molar-refractivity contribution in [2.45, 2.75) is 19.9 Å². The molecule has 5 heteroatoms. The van der Waals surface area contributed by atoms with Crippen LogP contribution in [-0.2, 0) is 24.8 Å². The molecule has 18 heavy (non-hydrogen) atoms. The predicted octanol–water partition coefficient (Wildman–Crippen LogP) is 1.64.